The topological polar surface area (TPSA) is 29.1 Å². The van der Waals surface area contributed by atoms with E-state index in [4.69, 9.17) is 0 Å². The molecule has 94 valence electrons. The molecule has 0 saturated carbocycles. The number of nitrogens with one attached hydrogen (secondary N) is 1. The molecule has 1 atom stereocenters. The van der Waals surface area contributed by atoms with Gasteiger partial charge in [-0.25, -0.2) is 0 Å². The van der Waals surface area contributed by atoms with Crippen LogP contribution in [0.5, 0.6) is 0 Å². The third-order valence-electron chi connectivity index (χ3n) is 3.02. The van der Waals surface area contributed by atoms with Crippen molar-refractivity contribution in [3.05, 3.63) is 35.4 Å². The predicted octanol–water partition coefficient (Wildman–Crippen LogP) is 3.75. The minimum Gasteiger partial charge on any atom is -0.349 e. The molecule has 3 heteroatoms. The van der Waals surface area contributed by atoms with Gasteiger partial charge in [0.25, 0.3) is 5.91 Å². The second-order valence-corrected chi connectivity index (χ2v) is 5.95. The molecule has 1 amide bonds. The van der Waals surface area contributed by atoms with Gasteiger partial charge in [-0.15, -0.1) is 0 Å². The van der Waals surface area contributed by atoms with Crippen molar-refractivity contribution in [2.24, 2.45) is 5.41 Å². The van der Waals surface area contributed by atoms with Crippen molar-refractivity contribution in [3.8, 4) is 0 Å². The molecule has 0 aliphatic heterocycles. The molecule has 0 fully saturated rings. The monoisotopic (exact) mass is 297 g/mol. The maximum atomic E-state index is 12.0. The van der Waals surface area contributed by atoms with Gasteiger partial charge in [0.2, 0.25) is 0 Å². The van der Waals surface area contributed by atoms with Crippen molar-refractivity contribution in [1.29, 1.82) is 0 Å². The van der Waals surface area contributed by atoms with Crippen molar-refractivity contribution >= 4 is 21.8 Å². The molecule has 2 nitrogen and oxygen atoms in total. The number of carbonyl (C=O) groups excluding carboxylic acids is 1. The Morgan fingerprint density at radius 2 is 1.82 bits per heavy atom. The number of halogens is 1. The van der Waals surface area contributed by atoms with Crippen LogP contribution in [0.3, 0.4) is 0 Å². The third kappa shape index (κ3) is 4.15. The highest BCUT2D eigenvalue weighted by Crippen LogP contribution is 2.19. The van der Waals surface area contributed by atoms with Gasteiger partial charge in [0.05, 0.1) is 0 Å². The van der Waals surface area contributed by atoms with Gasteiger partial charge in [-0.3, -0.25) is 4.79 Å². The van der Waals surface area contributed by atoms with E-state index in [-0.39, 0.29) is 17.4 Å². The van der Waals surface area contributed by atoms with Crippen LogP contribution in [0.1, 0.15) is 43.6 Å². The van der Waals surface area contributed by atoms with E-state index < -0.39 is 0 Å². The van der Waals surface area contributed by atoms with E-state index in [0.717, 1.165) is 5.33 Å². The first-order chi connectivity index (χ1) is 7.84. The van der Waals surface area contributed by atoms with Crippen LogP contribution in [0.15, 0.2) is 24.3 Å². The second-order valence-electron chi connectivity index (χ2n) is 5.39. The Labute approximate surface area is 112 Å². The van der Waals surface area contributed by atoms with Gasteiger partial charge in [0, 0.05) is 16.9 Å². The number of benzene rings is 1. The van der Waals surface area contributed by atoms with E-state index in [9.17, 15) is 4.79 Å². The molecule has 0 aliphatic carbocycles. The Hall–Kier alpha value is -0.830. The Morgan fingerprint density at radius 3 is 2.24 bits per heavy atom. The van der Waals surface area contributed by atoms with Crippen LogP contribution in [0.25, 0.3) is 0 Å². The summed E-state index contributed by atoms with van der Waals surface area (Å²) in [6.07, 6.45) is 0. The fourth-order valence-electron chi connectivity index (χ4n) is 1.24. The molecule has 0 spiro atoms. The van der Waals surface area contributed by atoms with Crippen LogP contribution < -0.4 is 5.32 Å². The number of hydrogen-bond donors (Lipinski definition) is 1. The van der Waals surface area contributed by atoms with Crippen molar-refractivity contribution in [2.45, 2.75) is 39.1 Å². The number of carbonyl (C=O) groups is 1. The lowest BCUT2D eigenvalue weighted by molar-refractivity contribution is 0.0910. The molecule has 17 heavy (non-hydrogen) atoms. The van der Waals surface area contributed by atoms with Gasteiger partial charge in [0.15, 0.2) is 0 Å². The lowest BCUT2D eigenvalue weighted by Gasteiger charge is -2.28. The minimum atomic E-state index is -0.00597. The van der Waals surface area contributed by atoms with E-state index in [2.05, 4.69) is 42.0 Å². The maximum Gasteiger partial charge on any atom is 0.251 e. The number of alkyl halides is 1. The summed E-state index contributed by atoms with van der Waals surface area (Å²) in [5.74, 6) is -0.00597. The first-order valence-corrected chi connectivity index (χ1v) is 6.92. The van der Waals surface area contributed by atoms with Gasteiger partial charge in [-0.05, 0) is 30.0 Å². The van der Waals surface area contributed by atoms with Crippen LogP contribution in [0.2, 0.25) is 0 Å². The highest BCUT2D eigenvalue weighted by Gasteiger charge is 2.21. The zero-order valence-electron chi connectivity index (χ0n) is 10.9. The first kappa shape index (κ1) is 14.2. The van der Waals surface area contributed by atoms with Crippen LogP contribution >= 0.6 is 15.9 Å². The molecular weight excluding hydrogens is 278 g/mol. The fourth-order valence-corrected chi connectivity index (χ4v) is 1.62. The molecule has 0 bridgehead atoms. The van der Waals surface area contributed by atoms with Crippen LogP contribution in [-0.2, 0) is 5.33 Å². The number of amides is 1. The number of rotatable bonds is 3. The van der Waals surface area contributed by atoms with E-state index in [1.54, 1.807) is 0 Å². The summed E-state index contributed by atoms with van der Waals surface area (Å²) < 4.78 is 0. The summed E-state index contributed by atoms with van der Waals surface area (Å²) in [6, 6.07) is 7.80. The van der Waals surface area contributed by atoms with Crippen molar-refractivity contribution in [1.82, 2.24) is 5.32 Å². The van der Waals surface area contributed by atoms with Gasteiger partial charge in [-0.1, -0.05) is 48.8 Å². The smallest absolute Gasteiger partial charge is 0.251 e. The molecular formula is C14H20BrNO. The molecule has 1 unspecified atom stereocenters. The van der Waals surface area contributed by atoms with E-state index in [0.29, 0.717) is 5.56 Å². The van der Waals surface area contributed by atoms with Crippen LogP contribution in [0, 0.1) is 5.41 Å². The summed E-state index contributed by atoms with van der Waals surface area (Å²) >= 11 is 3.38. The molecule has 1 rings (SSSR count). The van der Waals surface area contributed by atoms with Gasteiger partial charge in [-0.2, -0.15) is 0 Å². The minimum absolute atomic E-state index is 0.00597. The summed E-state index contributed by atoms with van der Waals surface area (Å²) in [5.41, 5.74) is 1.96. The van der Waals surface area contributed by atoms with Crippen molar-refractivity contribution < 1.29 is 4.79 Å². The van der Waals surface area contributed by atoms with Crippen LogP contribution in [-0.4, -0.2) is 11.9 Å². The molecule has 0 aliphatic rings. The molecule has 0 saturated heterocycles. The van der Waals surface area contributed by atoms with E-state index in [1.165, 1.54) is 5.56 Å². The lowest BCUT2D eigenvalue weighted by Crippen LogP contribution is -2.41. The molecule has 0 radical (unpaired) electrons. The van der Waals surface area contributed by atoms with Crippen LogP contribution in [0.4, 0.5) is 0 Å². The fraction of sp³-hybridized carbons (Fsp3) is 0.500. The lowest BCUT2D eigenvalue weighted by atomic mass is 9.88. The predicted molar refractivity (Wildman–Crippen MR) is 75.5 cm³/mol. The average molecular weight is 298 g/mol. The average Bonchev–Trinajstić information content (AvgIpc) is 2.27. The number of hydrogen-bond acceptors (Lipinski definition) is 1. The van der Waals surface area contributed by atoms with Crippen molar-refractivity contribution in [3.63, 3.8) is 0 Å². The summed E-state index contributed by atoms with van der Waals surface area (Å²) in [4.78, 5) is 12.0. The zero-order valence-corrected chi connectivity index (χ0v) is 12.5. The maximum absolute atomic E-state index is 12.0. The molecule has 1 aromatic rings. The first-order valence-electron chi connectivity index (χ1n) is 5.80. The summed E-state index contributed by atoms with van der Waals surface area (Å²) in [7, 11) is 0. The zero-order chi connectivity index (χ0) is 13.1. The highest BCUT2D eigenvalue weighted by molar-refractivity contribution is 9.08. The Morgan fingerprint density at radius 1 is 1.29 bits per heavy atom. The summed E-state index contributed by atoms with van der Waals surface area (Å²) in [5, 5.41) is 3.84. The van der Waals surface area contributed by atoms with E-state index >= 15 is 0 Å². The van der Waals surface area contributed by atoms with Crippen molar-refractivity contribution in [2.75, 3.05) is 0 Å². The van der Waals surface area contributed by atoms with Gasteiger partial charge >= 0.3 is 0 Å². The summed E-state index contributed by atoms with van der Waals surface area (Å²) in [6.45, 7) is 8.38. The standard InChI is InChI=1S/C14H20BrNO/c1-10(14(2,3)4)16-13(17)12-7-5-11(9-15)6-8-12/h5-8,10H,9H2,1-4H3,(H,16,17). The second kappa shape index (κ2) is 5.67. The van der Waals surface area contributed by atoms with Gasteiger partial charge in [0.1, 0.15) is 0 Å². The van der Waals surface area contributed by atoms with E-state index in [1.807, 2.05) is 31.2 Å². The molecule has 1 aromatic carbocycles. The highest BCUT2D eigenvalue weighted by atomic mass is 79.9. The molecule has 0 heterocycles. The Kier molecular flexibility index (Phi) is 4.75. The largest absolute Gasteiger partial charge is 0.349 e. The Balaban J connectivity index is 2.70. The SMILES string of the molecule is CC(NC(=O)c1ccc(CBr)cc1)C(C)(C)C. The quantitative estimate of drug-likeness (QED) is 0.846. The molecule has 0 aromatic heterocycles. The molecule has 1 N–H and O–H groups in total. The normalized spacial score (nSPS) is 13.2. The Bertz CT molecular complexity index is 378. The van der Waals surface area contributed by atoms with Gasteiger partial charge < -0.3 is 5.32 Å². The third-order valence-corrected chi connectivity index (χ3v) is 3.66.